The van der Waals surface area contributed by atoms with Gasteiger partial charge in [-0.15, -0.1) is 0 Å². The molecular formula is C12H16BrF. The zero-order valence-corrected chi connectivity index (χ0v) is 10.3. The average Bonchev–Trinajstić information content (AvgIpc) is 2.19. The van der Waals surface area contributed by atoms with E-state index in [0.29, 0.717) is 10.4 Å². The van der Waals surface area contributed by atoms with E-state index in [1.54, 1.807) is 6.07 Å². The van der Waals surface area contributed by atoms with Crippen molar-refractivity contribution >= 4 is 15.9 Å². The fourth-order valence-electron chi connectivity index (χ4n) is 1.76. The van der Waals surface area contributed by atoms with Crippen molar-refractivity contribution in [1.82, 2.24) is 0 Å². The lowest BCUT2D eigenvalue weighted by Crippen LogP contribution is -1.99. The summed E-state index contributed by atoms with van der Waals surface area (Å²) in [6.07, 6.45) is 3.33. The van der Waals surface area contributed by atoms with Gasteiger partial charge in [-0.25, -0.2) is 4.39 Å². The van der Waals surface area contributed by atoms with Gasteiger partial charge in [-0.2, -0.15) is 0 Å². The Hall–Kier alpha value is -0.370. The third-order valence-electron chi connectivity index (χ3n) is 2.55. The first-order valence-corrected chi connectivity index (χ1v) is 5.93. The van der Waals surface area contributed by atoms with E-state index < -0.39 is 0 Å². The Balaban J connectivity index is 2.97. The minimum Gasteiger partial charge on any atom is -0.206 e. The molecule has 0 radical (unpaired) electrons. The average molecular weight is 259 g/mol. The van der Waals surface area contributed by atoms with Crippen molar-refractivity contribution in [3.05, 3.63) is 34.1 Å². The zero-order chi connectivity index (χ0) is 10.6. The van der Waals surface area contributed by atoms with Gasteiger partial charge in [0.2, 0.25) is 0 Å². The summed E-state index contributed by atoms with van der Waals surface area (Å²) in [5.74, 6) is 0.321. The molecule has 0 heterocycles. The van der Waals surface area contributed by atoms with Crippen LogP contribution in [0, 0.1) is 5.82 Å². The summed E-state index contributed by atoms with van der Waals surface area (Å²) in [5, 5.41) is 0. The standard InChI is InChI=1S/C12H16BrF/c1-3-6-9(4-2)10-7-5-8-11(14)12(10)13/h5,7-9H,3-4,6H2,1-2H3. The second kappa shape index (κ2) is 5.50. The highest BCUT2D eigenvalue weighted by Crippen LogP contribution is 2.32. The molecule has 0 bridgehead atoms. The molecule has 0 aliphatic rings. The molecule has 0 saturated carbocycles. The summed E-state index contributed by atoms with van der Waals surface area (Å²) in [6.45, 7) is 4.31. The summed E-state index contributed by atoms with van der Waals surface area (Å²) in [7, 11) is 0. The second-order valence-electron chi connectivity index (χ2n) is 3.54. The van der Waals surface area contributed by atoms with Gasteiger partial charge in [0, 0.05) is 0 Å². The molecule has 1 rings (SSSR count). The highest BCUT2D eigenvalue weighted by atomic mass is 79.9. The molecule has 0 N–H and O–H groups in total. The summed E-state index contributed by atoms with van der Waals surface area (Å²) in [5.41, 5.74) is 1.11. The van der Waals surface area contributed by atoms with E-state index in [1.165, 1.54) is 6.07 Å². The maximum Gasteiger partial charge on any atom is 0.137 e. The second-order valence-corrected chi connectivity index (χ2v) is 4.33. The monoisotopic (exact) mass is 258 g/mol. The van der Waals surface area contributed by atoms with Gasteiger partial charge >= 0.3 is 0 Å². The maximum atomic E-state index is 13.3. The van der Waals surface area contributed by atoms with Gasteiger partial charge in [-0.1, -0.05) is 32.4 Å². The van der Waals surface area contributed by atoms with Crippen LogP contribution in [-0.2, 0) is 0 Å². The molecule has 1 aromatic rings. The van der Waals surface area contributed by atoms with Crippen LogP contribution in [0.1, 0.15) is 44.6 Å². The fourth-order valence-corrected chi connectivity index (χ4v) is 2.35. The fraction of sp³-hybridized carbons (Fsp3) is 0.500. The predicted octanol–water partition coefficient (Wildman–Crippen LogP) is 4.88. The van der Waals surface area contributed by atoms with Crippen LogP contribution in [0.4, 0.5) is 4.39 Å². The Kier molecular flexibility index (Phi) is 4.59. The highest BCUT2D eigenvalue weighted by Gasteiger charge is 2.13. The van der Waals surface area contributed by atoms with Gasteiger partial charge in [0.25, 0.3) is 0 Å². The van der Waals surface area contributed by atoms with Crippen molar-refractivity contribution in [3.63, 3.8) is 0 Å². The first-order valence-electron chi connectivity index (χ1n) is 5.14. The molecule has 0 amide bonds. The molecule has 1 unspecified atom stereocenters. The Morgan fingerprint density at radius 1 is 1.36 bits per heavy atom. The van der Waals surface area contributed by atoms with E-state index in [9.17, 15) is 4.39 Å². The topological polar surface area (TPSA) is 0 Å². The van der Waals surface area contributed by atoms with Crippen molar-refractivity contribution in [2.24, 2.45) is 0 Å². The third kappa shape index (κ3) is 2.57. The van der Waals surface area contributed by atoms with Crippen LogP contribution in [0.15, 0.2) is 22.7 Å². The van der Waals surface area contributed by atoms with Crippen LogP contribution in [-0.4, -0.2) is 0 Å². The Labute approximate surface area is 93.7 Å². The summed E-state index contributed by atoms with van der Waals surface area (Å²) >= 11 is 3.32. The van der Waals surface area contributed by atoms with Crippen molar-refractivity contribution in [1.29, 1.82) is 0 Å². The minimum atomic E-state index is -0.156. The quantitative estimate of drug-likeness (QED) is 0.722. The summed E-state index contributed by atoms with van der Waals surface area (Å²) in [4.78, 5) is 0. The van der Waals surface area contributed by atoms with E-state index in [0.717, 1.165) is 24.8 Å². The molecule has 14 heavy (non-hydrogen) atoms. The first kappa shape index (κ1) is 11.7. The molecule has 1 aromatic carbocycles. The van der Waals surface area contributed by atoms with Crippen molar-refractivity contribution in [2.45, 2.75) is 39.0 Å². The van der Waals surface area contributed by atoms with E-state index in [2.05, 4.69) is 29.8 Å². The van der Waals surface area contributed by atoms with Crippen LogP contribution in [0.25, 0.3) is 0 Å². The molecule has 0 fully saturated rings. The lowest BCUT2D eigenvalue weighted by molar-refractivity contribution is 0.575. The smallest absolute Gasteiger partial charge is 0.137 e. The van der Waals surface area contributed by atoms with E-state index in [-0.39, 0.29) is 5.82 Å². The molecule has 0 saturated heterocycles. The predicted molar refractivity (Wildman–Crippen MR) is 62.0 cm³/mol. The number of halogens is 2. The number of hydrogen-bond acceptors (Lipinski definition) is 0. The maximum absolute atomic E-state index is 13.3. The molecule has 0 spiro atoms. The Morgan fingerprint density at radius 2 is 2.07 bits per heavy atom. The van der Waals surface area contributed by atoms with E-state index in [4.69, 9.17) is 0 Å². The molecule has 2 heteroatoms. The van der Waals surface area contributed by atoms with E-state index in [1.807, 2.05) is 6.07 Å². The molecule has 0 aliphatic heterocycles. The molecule has 0 aromatic heterocycles. The van der Waals surface area contributed by atoms with Crippen LogP contribution < -0.4 is 0 Å². The van der Waals surface area contributed by atoms with Gasteiger partial charge in [-0.3, -0.25) is 0 Å². The molecular weight excluding hydrogens is 243 g/mol. The van der Waals surface area contributed by atoms with Crippen molar-refractivity contribution in [2.75, 3.05) is 0 Å². The summed E-state index contributed by atoms with van der Waals surface area (Å²) < 4.78 is 13.9. The first-order chi connectivity index (χ1) is 6.70. The van der Waals surface area contributed by atoms with Crippen LogP contribution in [0.5, 0.6) is 0 Å². The lowest BCUT2D eigenvalue weighted by atomic mass is 9.92. The molecule has 1 atom stereocenters. The van der Waals surface area contributed by atoms with Gasteiger partial charge in [0.1, 0.15) is 5.82 Å². The Bertz CT molecular complexity index is 296. The van der Waals surface area contributed by atoms with E-state index >= 15 is 0 Å². The Morgan fingerprint density at radius 3 is 2.64 bits per heavy atom. The van der Waals surface area contributed by atoms with Gasteiger partial charge in [-0.05, 0) is 46.3 Å². The van der Waals surface area contributed by atoms with Gasteiger partial charge < -0.3 is 0 Å². The number of rotatable bonds is 4. The van der Waals surface area contributed by atoms with Gasteiger partial charge in [0.05, 0.1) is 4.47 Å². The SMILES string of the molecule is CCCC(CC)c1cccc(F)c1Br. The van der Waals surface area contributed by atoms with Crippen molar-refractivity contribution in [3.8, 4) is 0 Å². The van der Waals surface area contributed by atoms with Crippen LogP contribution in [0.3, 0.4) is 0 Å². The number of benzene rings is 1. The number of hydrogen-bond donors (Lipinski definition) is 0. The molecule has 78 valence electrons. The van der Waals surface area contributed by atoms with Gasteiger partial charge in [0.15, 0.2) is 0 Å². The highest BCUT2D eigenvalue weighted by molar-refractivity contribution is 9.10. The summed E-state index contributed by atoms with van der Waals surface area (Å²) in [6, 6.07) is 5.29. The lowest BCUT2D eigenvalue weighted by Gasteiger charge is -2.16. The van der Waals surface area contributed by atoms with Crippen LogP contribution in [0.2, 0.25) is 0 Å². The minimum absolute atomic E-state index is 0.156. The zero-order valence-electron chi connectivity index (χ0n) is 8.69. The van der Waals surface area contributed by atoms with Crippen molar-refractivity contribution < 1.29 is 4.39 Å². The largest absolute Gasteiger partial charge is 0.206 e. The molecule has 0 nitrogen and oxygen atoms in total. The van der Waals surface area contributed by atoms with Crippen LogP contribution >= 0.6 is 15.9 Å². The normalized spacial score (nSPS) is 12.9. The third-order valence-corrected chi connectivity index (χ3v) is 3.39. The molecule has 0 aliphatic carbocycles.